The second-order valence-electron chi connectivity index (χ2n) is 10.9. The summed E-state index contributed by atoms with van der Waals surface area (Å²) < 4.78 is 4.87. The van der Waals surface area contributed by atoms with E-state index in [9.17, 15) is 0 Å². The minimum absolute atomic E-state index is 1.22. The van der Waals surface area contributed by atoms with Gasteiger partial charge in [-0.05, 0) is 128 Å². The van der Waals surface area contributed by atoms with Crippen molar-refractivity contribution in [2.75, 3.05) is 0 Å². The topological polar surface area (TPSA) is 9.86 Å². The zero-order chi connectivity index (χ0) is 23.7. The predicted molar refractivity (Wildman–Crippen MR) is 148 cm³/mol. The van der Waals surface area contributed by atoms with Crippen LogP contribution in [0.15, 0.2) is 54.6 Å². The van der Waals surface area contributed by atoms with Gasteiger partial charge < -0.3 is 9.13 Å². The second-order valence-corrected chi connectivity index (χ2v) is 10.9. The SMILES string of the molecule is Cc1cc(-c2ccc3c(c2)c2c(n3C)CCCC2)cc(-c2ccc3c(c2)c2c(n3C)CCCC2)c1. The minimum atomic E-state index is 1.22. The Bertz CT molecular complexity index is 1510. The standard InChI is InChI=1S/C33H34N2/c1-21-16-24(22-12-14-32-28(19-22)26-8-4-6-10-30(26)34(32)2)18-25(17-21)23-13-15-33-29(20-23)27-9-5-7-11-31(27)35(33)3/h12-20H,4-11H2,1-3H3. The van der Waals surface area contributed by atoms with Crippen molar-refractivity contribution in [3.05, 3.63) is 82.7 Å². The highest BCUT2D eigenvalue weighted by atomic mass is 15.0. The van der Waals surface area contributed by atoms with Crippen LogP contribution in [0, 0.1) is 6.92 Å². The lowest BCUT2D eigenvalue weighted by Crippen LogP contribution is -2.04. The minimum Gasteiger partial charge on any atom is -0.347 e. The van der Waals surface area contributed by atoms with E-state index in [1.807, 2.05) is 0 Å². The first-order chi connectivity index (χ1) is 17.1. The van der Waals surface area contributed by atoms with Gasteiger partial charge in [-0.25, -0.2) is 0 Å². The summed E-state index contributed by atoms with van der Waals surface area (Å²) in [7, 11) is 4.49. The normalized spacial score (nSPS) is 15.5. The van der Waals surface area contributed by atoms with Gasteiger partial charge in [-0.2, -0.15) is 0 Å². The van der Waals surface area contributed by atoms with E-state index in [2.05, 4.69) is 84.8 Å². The molecule has 0 atom stereocenters. The molecule has 2 aromatic heterocycles. The molecule has 176 valence electrons. The van der Waals surface area contributed by atoms with Gasteiger partial charge in [-0.3, -0.25) is 0 Å². The molecule has 0 bridgehead atoms. The first-order valence-electron chi connectivity index (χ1n) is 13.4. The third-order valence-electron chi connectivity index (χ3n) is 8.80. The Morgan fingerprint density at radius 1 is 0.514 bits per heavy atom. The van der Waals surface area contributed by atoms with Gasteiger partial charge in [-0.1, -0.05) is 24.3 Å². The van der Waals surface area contributed by atoms with E-state index >= 15 is 0 Å². The number of benzene rings is 3. The Hall–Kier alpha value is -3.26. The molecule has 0 radical (unpaired) electrons. The molecule has 0 saturated heterocycles. The summed E-state index contributed by atoms with van der Waals surface area (Å²) in [6.07, 6.45) is 10.1. The van der Waals surface area contributed by atoms with Crippen LogP contribution in [-0.2, 0) is 39.8 Å². The molecule has 0 unspecified atom stereocenters. The van der Waals surface area contributed by atoms with Crippen molar-refractivity contribution >= 4 is 21.8 Å². The summed E-state index contributed by atoms with van der Waals surface area (Å²) in [6.45, 7) is 2.23. The van der Waals surface area contributed by atoms with Crippen LogP contribution >= 0.6 is 0 Å². The molecule has 0 N–H and O–H groups in total. The van der Waals surface area contributed by atoms with Gasteiger partial charge >= 0.3 is 0 Å². The van der Waals surface area contributed by atoms with Crippen molar-refractivity contribution in [2.24, 2.45) is 14.1 Å². The molecule has 0 aliphatic heterocycles. The number of nitrogens with zero attached hydrogens (tertiary/aromatic N) is 2. The van der Waals surface area contributed by atoms with Crippen LogP contribution in [0.3, 0.4) is 0 Å². The number of fused-ring (bicyclic) bond motifs is 6. The maximum atomic E-state index is 2.45. The van der Waals surface area contributed by atoms with Gasteiger partial charge in [0.2, 0.25) is 0 Å². The zero-order valence-electron chi connectivity index (χ0n) is 21.2. The lowest BCUT2D eigenvalue weighted by molar-refractivity contribution is 0.653. The van der Waals surface area contributed by atoms with Crippen molar-refractivity contribution < 1.29 is 0 Å². The lowest BCUT2D eigenvalue weighted by Gasteiger charge is -2.13. The van der Waals surface area contributed by atoms with Crippen molar-refractivity contribution in [2.45, 2.75) is 58.3 Å². The maximum Gasteiger partial charge on any atom is 0.0483 e. The largest absolute Gasteiger partial charge is 0.347 e. The van der Waals surface area contributed by atoms with Gasteiger partial charge in [-0.15, -0.1) is 0 Å². The molecular weight excluding hydrogens is 424 g/mol. The van der Waals surface area contributed by atoms with E-state index in [0.29, 0.717) is 0 Å². The van der Waals surface area contributed by atoms with E-state index in [4.69, 9.17) is 0 Å². The molecule has 35 heavy (non-hydrogen) atoms. The van der Waals surface area contributed by atoms with E-state index in [1.165, 1.54) is 101 Å². The second kappa shape index (κ2) is 7.88. The first kappa shape index (κ1) is 21.1. The van der Waals surface area contributed by atoms with Crippen LogP contribution in [0.2, 0.25) is 0 Å². The Kier molecular flexibility index (Phi) is 4.74. The molecular formula is C33H34N2. The molecule has 2 aliphatic rings. The Labute approximate surface area is 208 Å². The molecule has 0 fully saturated rings. The molecule has 2 heterocycles. The quantitative estimate of drug-likeness (QED) is 0.253. The predicted octanol–water partition coefficient (Wildman–Crippen LogP) is 8.07. The molecule has 2 nitrogen and oxygen atoms in total. The van der Waals surface area contributed by atoms with Crippen LogP contribution in [0.25, 0.3) is 44.1 Å². The van der Waals surface area contributed by atoms with Gasteiger partial charge in [0, 0.05) is 47.3 Å². The first-order valence-corrected chi connectivity index (χ1v) is 13.4. The molecule has 7 rings (SSSR count). The molecule has 3 aromatic carbocycles. The summed E-state index contributed by atoms with van der Waals surface area (Å²) in [6, 6.07) is 21.3. The highest BCUT2D eigenvalue weighted by Gasteiger charge is 2.20. The Morgan fingerprint density at radius 3 is 1.46 bits per heavy atom. The number of hydrogen-bond acceptors (Lipinski definition) is 0. The third kappa shape index (κ3) is 3.22. The van der Waals surface area contributed by atoms with Crippen molar-refractivity contribution in [3.8, 4) is 22.3 Å². The van der Waals surface area contributed by atoms with E-state index < -0.39 is 0 Å². The number of aryl methyl sites for hydroxylation is 5. The van der Waals surface area contributed by atoms with Crippen molar-refractivity contribution in [1.29, 1.82) is 0 Å². The third-order valence-corrected chi connectivity index (χ3v) is 8.80. The highest BCUT2D eigenvalue weighted by molar-refractivity contribution is 5.92. The fourth-order valence-electron chi connectivity index (χ4n) is 7.01. The maximum absolute atomic E-state index is 2.45. The number of rotatable bonds is 2. The molecule has 5 aromatic rings. The molecule has 0 saturated carbocycles. The van der Waals surface area contributed by atoms with Crippen LogP contribution in [-0.4, -0.2) is 9.13 Å². The zero-order valence-corrected chi connectivity index (χ0v) is 21.2. The van der Waals surface area contributed by atoms with Crippen LogP contribution in [0.1, 0.15) is 53.8 Å². The fourth-order valence-corrected chi connectivity index (χ4v) is 7.01. The molecule has 0 amide bonds. The van der Waals surface area contributed by atoms with Crippen LogP contribution in [0.5, 0.6) is 0 Å². The van der Waals surface area contributed by atoms with E-state index in [-0.39, 0.29) is 0 Å². The Balaban J connectivity index is 1.35. The smallest absolute Gasteiger partial charge is 0.0483 e. The summed E-state index contributed by atoms with van der Waals surface area (Å²) in [5, 5.41) is 2.92. The van der Waals surface area contributed by atoms with Crippen LogP contribution in [0.4, 0.5) is 0 Å². The van der Waals surface area contributed by atoms with Gasteiger partial charge in [0.25, 0.3) is 0 Å². The van der Waals surface area contributed by atoms with Gasteiger partial charge in [0.05, 0.1) is 0 Å². The number of hydrogen-bond donors (Lipinski definition) is 0. The summed E-state index contributed by atoms with van der Waals surface area (Å²) >= 11 is 0. The van der Waals surface area contributed by atoms with E-state index in [0.717, 1.165) is 0 Å². The van der Waals surface area contributed by atoms with Gasteiger partial charge in [0.1, 0.15) is 0 Å². The van der Waals surface area contributed by atoms with Gasteiger partial charge in [0.15, 0.2) is 0 Å². The molecule has 2 heteroatoms. The van der Waals surface area contributed by atoms with Crippen LogP contribution < -0.4 is 0 Å². The van der Waals surface area contributed by atoms with Crippen molar-refractivity contribution in [3.63, 3.8) is 0 Å². The highest BCUT2D eigenvalue weighted by Crippen LogP contribution is 2.37. The fraction of sp³-hybridized carbons (Fsp3) is 0.333. The molecule has 0 spiro atoms. The number of aromatic nitrogens is 2. The summed E-state index contributed by atoms with van der Waals surface area (Å²) in [4.78, 5) is 0. The van der Waals surface area contributed by atoms with E-state index in [1.54, 1.807) is 22.5 Å². The Morgan fingerprint density at radius 2 is 0.971 bits per heavy atom. The summed E-state index contributed by atoms with van der Waals surface area (Å²) in [5.74, 6) is 0. The average Bonchev–Trinajstić information content (AvgIpc) is 3.35. The molecule has 2 aliphatic carbocycles. The summed E-state index contributed by atoms with van der Waals surface area (Å²) in [5.41, 5.74) is 15.7. The lowest BCUT2D eigenvalue weighted by atomic mass is 9.92. The average molecular weight is 459 g/mol. The monoisotopic (exact) mass is 458 g/mol. The van der Waals surface area contributed by atoms with Crippen molar-refractivity contribution in [1.82, 2.24) is 9.13 Å².